The number of aromatic nitrogens is 4. The number of hydrogen-bond acceptors (Lipinski definition) is 5. The summed E-state index contributed by atoms with van der Waals surface area (Å²) in [5.74, 6) is 0.485. The fraction of sp³-hybridized carbons (Fsp3) is 0.312. The van der Waals surface area contributed by atoms with Gasteiger partial charge in [0.05, 0.1) is 18.0 Å². The molecule has 2 aromatic heterocycles. The largest absolute Gasteiger partial charge is 0.391 e. The highest BCUT2D eigenvalue weighted by Crippen LogP contribution is 2.19. The summed E-state index contributed by atoms with van der Waals surface area (Å²) in [5, 5.41) is 14.6. The standard InChI is InChI=1S/C16H17N5O2/c22-12-7-4-8-20(10-12)16-18-14-13(15(23)19-16)9-17-21(14)11-5-2-1-3-6-11/h1-3,5-6,9,12,22H,4,7-8,10H2,(H,18,19,23). The fourth-order valence-electron chi connectivity index (χ4n) is 2.96. The van der Waals surface area contributed by atoms with E-state index in [0.717, 1.165) is 25.1 Å². The third-order valence-electron chi connectivity index (χ3n) is 4.12. The molecule has 0 amide bonds. The van der Waals surface area contributed by atoms with Gasteiger partial charge in [0.25, 0.3) is 5.56 Å². The second kappa shape index (κ2) is 5.51. The molecule has 1 unspecified atom stereocenters. The van der Waals surface area contributed by atoms with Gasteiger partial charge in [-0.2, -0.15) is 10.1 Å². The molecule has 0 saturated carbocycles. The molecule has 0 bridgehead atoms. The van der Waals surface area contributed by atoms with Crippen LogP contribution in [-0.4, -0.2) is 44.0 Å². The summed E-state index contributed by atoms with van der Waals surface area (Å²) in [6, 6.07) is 9.59. The Bertz CT molecular complexity index is 886. The molecule has 1 aliphatic heterocycles. The lowest BCUT2D eigenvalue weighted by atomic mass is 10.1. The minimum atomic E-state index is -0.385. The molecule has 0 radical (unpaired) electrons. The van der Waals surface area contributed by atoms with E-state index < -0.39 is 0 Å². The zero-order valence-electron chi connectivity index (χ0n) is 12.5. The Labute approximate surface area is 132 Å². The van der Waals surface area contributed by atoms with Gasteiger partial charge in [-0.1, -0.05) is 18.2 Å². The summed E-state index contributed by atoms with van der Waals surface area (Å²) in [6.07, 6.45) is 2.80. The molecule has 118 valence electrons. The molecule has 7 nitrogen and oxygen atoms in total. The second-order valence-electron chi connectivity index (χ2n) is 5.76. The number of benzene rings is 1. The predicted octanol–water partition coefficient (Wildman–Crippen LogP) is 1.07. The maximum Gasteiger partial charge on any atom is 0.263 e. The van der Waals surface area contributed by atoms with Gasteiger partial charge in [-0.25, -0.2) is 4.68 Å². The van der Waals surface area contributed by atoms with Crippen molar-refractivity contribution in [1.29, 1.82) is 0 Å². The van der Waals surface area contributed by atoms with Crippen LogP contribution in [0.5, 0.6) is 0 Å². The Kier molecular flexibility index (Phi) is 3.34. The molecule has 1 fully saturated rings. The third-order valence-corrected chi connectivity index (χ3v) is 4.12. The number of rotatable bonds is 2. The number of nitrogens with one attached hydrogen (secondary N) is 1. The number of β-amino-alcohol motifs (C(OH)–C–C–N with tert-alkyl or cyclic N) is 1. The number of para-hydroxylation sites is 1. The fourth-order valence-corrected chi connectivity index (χ4v) is 2.96. The number of aliphatic hydroxyl groups excluding tert-OH is 1. The van der Waals surface area contributed by atoms with Crippen molar-refractivity contribution in [2.24, 2.45) is 0 Å². The van der Waals surface area contributed by atoms with Crippen molar-refractivity contribution in [1.82, 2.24) is 19.7 Å². The molecular formula is C16H17N5O2. The molecule has 4 rings (SSSR count). The third kappa shape index (κ3) is 2.49. The van der Waals surface area contributed by atoms with Crippen molar-refractivity contribution in [2.75, 3.05) is 18.0 Å². The Hall–Kier alpha value is -2.67. The van der Waals surface area contributed by atoms with Crippen molar-refractivity contribution in [2.45, 2.75) is 18.9 Å². The van der Waals surface area contributed by atoms with Crippen molar-refractivity contribution < 1.29 is 5.11 Å². The van der Waals surface area contributed by atoms with Gasteiger partial charge in [0, 0.05) is 13.1 Å². The highest BCUT2D eigenvalue weighted by atomic mass is 16.3. The number of hydrogen-bond donors (Lipinski definition) is 2. The van der Waals surface area contributed by atoms with Crippen LogP contribution in [0, 0.1) is 0 Å². The summed E-state index contributed by atoms with van der Waals surface area (Å²) in [6.45, 7) is 1.25. The topological polar surface area (TPSA) is 87.0 Å². The van der Waals surface area contributed by atoms with E-state index in [-0.39, 0.29) is 11.7 Å². The van der Waals surface area contributed by atoms with Crippen LogP contribution in [0.25, 0.3) is 16.7 Å². The lowest BCUT2D eigenvalue weighted by Crippen LogP contribution is -2.40. The number of nitrogens with zero attached hydrogens (tertiary/aromatic N) is 4. The zero-order valence-corrected chi connectivity index (χ0v) is 12.5. The van der Waals surface area contributed by atoms with Crippen LogP contribution in [0.3, 0.4) is 0 Å². The summed E-state index contributed by atoms with van der Waals surface area (Å²) < 4.78 is 1.66. The maximum atomic E-state index is 12.3. The van der Waals surface area contributed by atoms with Gasteiger partial charge >= 0.3 is 0 Å². The van der Waals surface area contributed by atoms with Crippen molar-refractivity contribution >= 4 is 17.0 Å². The predicted molar refractivity (Wildman–Crippen MR) is 86.9 cm³/mol. The quantitative estimate of drug-likeness (QED) is 0.739. The van der Waals surface area contributed by atoms with E-state index in [2.05, 4.69) is 15.1 Å². The van der Waals surface area contributed by atoms with Crippen LogP contribution in [-0.2, 0) is 0 Å². The highest BCUT2D eigenvalue weighted by molar-refractivity contribution is 5.76. The molecule has 1 atom stereocenters. The van der Waals surface area contributed by atoms with Crippen LogP contribution in [0.15, 0.2) is 41.3 Å². The number of aliphatic hydroxyl groups is 1. The summed E-state index contributed by atoms with van der Waals surface area (Å²) >= 11 is 0. The van der Waals surface area contributed by atoms with Gasteiger partial charge in [-0.05, 0) is 25.0 Å². The van der Waals surface area contributed by atoms with Crippen LogP contribution >= 0.6 is 0 Å². The van der Waals surface area contributed by atoms with Crippen molar-refractivity contribution in [3.05, 3.63) is 46.9 Å². The number of fused-ring (bicyclic) bond motifs is 1. The van der Waals surface area contributed by atoms with Crippen LogP contribution < -0.4 is 10.5 Å². The SMILES string of the molecule is O=c1[nH]c(N2CCCC(O)C2)nc2c1cnn2-c1ccccc1. The van der Waals surface area contributed by atoms with E-state index in [1.54, 1.807) is 4.68 Å². The highest BCUT2D eigenvalue weighted by Gasteiger charge is 2.21. The smallest absolute Gasteiger partial charge is 0.263 e. The van der Waals surface area contributed by atoms with Crippen molar-refractivity contribution in [3.8, 4) is 5.69 Å². The lowest BCUT2D eigenvalue weighted by Gasteiger charge is -2.30. The number of anilines is 1. The van der Waals surface area contributed by atoms with E-state index >= 15 is 0 Å². The number of aromatic amines is 1. The van der Waals surface area contributed by atoms with Gasteiger partial charge in [0.1, 0.15) is 5.39 Å². The van der Waals surface area contributed by atoms with E-state index in [0.29, 0.717) is 23.5 Å². The molecule has 1 aliphatic rings. The van der Waals surface area contributed by atoms with Crippen LogP contribution in [0.4, 0.5) is 5.95 Å². The number of H-pyrrole nitrogens is 1. The molecule has 7 heteroatoms. The summed E-state index contributed by atoms with van der Waals surface area (Å²) in [5.41, 5.74) is 1.16. The monoisotopic (exact) mass is 311 g/mol. The summed E-state index contributed by atoms with van der Waals surface area (Å²) in [7, 11) is 0. The van der Waals surface area contributed by atoms with E-state index in [9.17, 15) is 9.90 Å². The van der Waals surface area contributed by atoms with Crippen LogP contribution in [0.2, 0.25) is 0 Å². The number of piperidine rings is 1. The van der Waals surface area contributed by atoms with Gasteiger partial charge < -0.3 is 10.0 Å². The Morgan fingerprint density at radius 1 is 1.26 bits per heavy atom. The molecule has 1 saturated heterocycles. The minimum Gasteiger partial charge on any atom is -0.391 e. The van der Waals surface area contributed by atoms with E-state index in [4.69, 9.17) is 0 Å². The first kappa shape index (κ1) is 14.0. The Morgan fingerprint density at radius 3 is 2.87 bits per heavy atom. The summed E-state index contributed by atoms with van der Waals surface area (Å²) in [4.78, 5) is 21.6. The van der Waals surface area contributed by atoms with E-state index in [1.165, 1.54) is 6.20 Å². The molecule has 1 aromatic carbocycles. The van der Waals surface area contributed by atoms with Gasteiger partial charge in [-0.3, -0.25) is 9.78 Å². The molecule has 2 N–H and O–H groups in total. The zero-order chi connectivity index (χ0) is 15.8. The Morgan fingerprint density at radius 2 is 2.09 bits per heavy atom. The average molecular weight is 311 g/mol. The second-order valence-corrected chi connectivity index (χ2v) is 5.76. The first-order valence-corrected chi connectivity index (χ1v) is 7.69. The normalized spacial score (nSPS) is 18.5. The molecule has 3 heterocycles. The van der Waals surface area contributed by atoms with E-state index in [1.807, 2.05) is 35.2 Å². The minimum absolute atomic E-state index is 0.216. The van der Waals surface area contributed by atoms with Crippen molar-refractivity contribution in [3.63, 3.8) is 0 Å². The van der Waals surface area contributed by atoms with Gasteiger partial charge in [0.2, 0.25) is 5.95 Å². The van der Waals surface area contributed by atoms with Gasteiger partial charge in [-0.15, -0.1) is 0 Å². The Balaban J connectivity index is 1.84. The molecule has 0 spiro atoms. The lowest BCUT2D eigenvalue weighted by molar-refractivity contribution is 0.153. The average Bonchev–Trinajstić information content (AvgIpc) is 3.00. The maximum absolute atomic E-state index is 12.3. The first-order chi connectivity index (χ1) is 11.2. The van der Waals surface area contributed by atoms with Gasteiger partial charge in [0.15, 0.2) is 5.65 Å². The molecule has 3 aromatic rings. The molecular weight excluding hydrogens is 294 g/mol. The first-order valence-electron chi connectivity index (χ1n) is 7.69. The van der Waals surface area contributed by atoms with Crippen LogP contribution in [0.1, 0.15) is 12.8 Å². The molecule has 23 heavy (non-hydrogen) atoms. The molecule has 0 aliphatic carbocycles.